The van der Waals surface area contributed by atoms with Crippen molar-refractivity contribution in [2.75, 3.05) is 6.54 Å². The highest BCUT2D eigenvalue weighted by molar-refractivity contribution is 7.90. The summed E-state index contributed by atoms with van der Waals surface area (Å²) in [5.74, 6) is 0. The largest absolute Gasteiger partial charge is 0.324 e. The summed E-state index contributed by atoms with van der Waals surface area (Å²) in [5, 5.41) is -0.152. The first-order valence-corrected chi connectivity index (χ1v) is 6.75. The Bertz CT molecular complexity index is 279. The van der Waals surface area contributed by atoms with E-state index < -0.39 is 10.0 Å². The van der Waals surface area contributed by atoms with Crippen LogP contribution in [0.3, 0.4) is 0 Å². The Kier molecular flexibility index (Phi) is 3.55. The summed E-state index contributed by atoms with van der Waals surface area (Å²) in [5.41, 5.74) is 5.61. The fraction of sp³-hybridized carbons (Fsp3) is 1.00. The zero-order chi connectivity index (χ0) is 10.8. The monoisotopic (exact) mass is 220 g/mol. The number of hydrogen-bond donors (Lipinski definition) is 2. The highest BCUT2D eigenvalue weighted by Crippen LogP contribution is 2.27. The summed E-state index contributed by atoms with van der Waals surface area (Å²) in [6, 6.07) is 0. The van der Waals surface area contributed by atoms with Crippen LogP contribution < -0.4 is 10.5 Å². The van der Waals surface area contributed by atoms with E-state index in [0.29, 0.717) is 6.54 Å². The second kappa shape index (κ2) is 4.16. The number of nitrogens with two attached hydrogens (primary N) is 1. The maximum absolute atomic E-state index is 11.5. The van der Waals surface area contributed by atoms with Crippen LogP contribution in [0.25, 0.3) is 0 Å². The first-order chi connectivity index (χ1) is 6.43. The SMILES string of the molecule is CCC(N)(CC)CNS(=O)(=O)C1CC1. The molecule has 3 N–H and O–H groups in total. The van der Waals surface area contributed by atoms with Gasteiger partial charge in [0.15, 0.2) is 0 Å². The average molecular weight is 220 g/mol. The van der Waals surface area contributed by atoms with Crippen LogP contribution in [0.4, 0.5) is 0 Å². The normalized spacial score (nSPS) is 18.5. The van der Waals surface area contributed by atoms with Crippen LogP contribution in [0.2, 0.25) is 0 Å². The summed E-state index contributed by atoms with van der Waals surface area (Å²) in [6.45, 7) is 4.32. The molecule has 0 aromatic heterocycles. The zero-order valence-corrected chi connectivity index (χ0v) is 9.73. The van der Waals surface area contributed by atoms with Crippen LogP contribution in [-0.2, 0) is 10.0 Å². The Hall–Kier alpha value is -0.130. The molecule has 0 radical (unpaired) electrons. The van der Waals surface area contributed by atoms with E-state index in [1.807, 2.05) is 13.8 Å². The Morgan fingerprint density at radius 3 is 2.21 bits per heavy atom. The fourth-order valence-electron chi connectivity index (χ4n) is 1.24. The van der Waals surface area contributed by atoms with Gasteiger partial charge in [-0.3, -0.25) is 0 Å². The van der Waals surface area contributed by atoms with Crippen molar-refractivity contribution in [2.45, 2.75) is 50.3 Å². The molecule has 0 aromatic rings. The molecule has 0 bridgehead atoms. The predicted octanol–water partition coefficient (Wildman–Crippen LogP) is 0.586. The standard InChI is InChI=1S/C9H20N2O2S/c1-3-9(10,4-2)7-11-14(12,13)8-5-6-8/h8,11H,3-7,10H2,1-2H3. The lowest BCUT2D eigenvalue weighted by molar-refractivity contribution is 0.391. The van der Waals surface area contributed by atoms with Crippen LogP contribution in [-0.4, -0.2) is 25.8 Å². The molecule has 1 saturated carbocycles. The minimum Gasteiger partial charge on any atom is -0.324 e. The molecule has 1 aliphatic carbocycles. The van der Waals surface area contributed by atoms with Crippen LogP contribution in [0, 0.1) is 0 Å². The number of rotatable bonds is 6. The molecule has 0 aromatic carbocycles. The van der Waals surface area contributed by atoms with Gasteiger partial charge in [0.2, 0.25) is 10.0 Å². The van der Waals surface area contributed by atoms with Gasteiger partial charge >= 0.3 is 0 Å². The van der Waals surface area contributed by atoms with Crippen molar-refractivity contribution in [3.63, 3.8) is 0 Å². The number of hydrogen-bond acceptors (Lipinski definition) is 3. The van der Waals surface area contributed by atoms with Gasteiger partial charge in [0.25, 0.3) is 0 Å². The van der Waals surface area contributed by atoms with Gasteiger partial charge in [0, 0.05) is 12.1 Å². The van der Waals surface area contributed by atoms with Gasteiger partial charge in [-0.15, -0.1) is 0 Å². The van der Waals surface area contributed by atoms with E-state index in [0.717, 1.165) is 25.7 Å². The lowest BCUT2D eigenvalue weighted by Gasteiger charge is -2.26. The van der Waals surface area contributed by atoms with Gasteiger partial charge in [0.1, 0.15) is 0 Å². The summed E-state index contributed by atoms with van der Waals surface area (Å²) in [4.78, 5) is 0. The Balaban J connectivity index is 2.46. The Labute approximate surface area is 86.3 Å². The highest BCUT2D eigenvalue weighted by atomic mass is 32.2. The lowest BCUT2D eigenvalue weighted by Crippen LogP contribution is -2.49. The van der Waals surface area contributed by atoms with E-state index >= 15 is 0 Å². The van der Waals surface area contributed by atoms with E-state index in [9.17, 15) is 8.42 Å². The van der Waals surface area contributed by atoms with Crippen LogP contribution >= 0.6 is 0 Å². The fourth-order valence-corrected chi connectivity index (χ4v) is 2.72. The predicted molar refractivity (Wildman–Crippen MR) is 57.4 cm³/mol. The smallest absolute Gasteiger partial charge is 0.214 e. The van der Waals surface area contributed by atoms with Crippen molar-refractivity contribution < 1.29 is 8.42 Å². The van der Waals surface area contributed by atoms with Gasteiger partial charge in [-0.25, -0.2) is 13.1 Å². The van der Waals surface area contributed by atoms with Crippen molar-refractivity contribution in [1.29, 1.82) is 0 Å². The van der Waals surface area contributed by atoms with Gasteiger partial charge in [-0.2, -0.15) is 0 Å². The molecule has 0 saturated heterocycles. The first-order valence-electron chi connectivity index (χ1n) is 5.21. The van der Waals surface area contributed by atoms with Gasteiger partial charge in [-0.1, -0.05) is 13.8 Å². The molecule has 1 rings (SSSR count). The molecule has 0 aliphatic heterocycles. The van der Waals surface area contributed by atoms with Crippen LogP contribution in [0.5, 0.6) is 0 Å². The summed E-state index contributed by atoms with van der Waals surface area (Å²) >= 11 is 0. The molecular formula is C9H20N2O2S. The first kappa shape index (κ1) is 11.9. The highest BCUT2D eigenvalue weighted by Gasteiger charge is 2.36. The zero-order valence-electron chi connectivity index (χ0n) is 8.91. The van der Waals surface area contributed by atoms with E-state index in [2.05, 4.69) is 4.72 Å². The summed E-state index contributed by atoms with van der Waals surface area (Å²) < 4.78 is 25.6. The van der Waals surface area contributed by atoms with Crippen molar-refractivity contribution in [3.05, 3.63) is 0 Å². The van der Waals surface area contributed by atoms with Gasteiger partial charge in [0.05, 0.1) is 5.25 Å². The van der Waals surface area contributed by atoms with Crippen LogP contribution in [0.15, 0.2) is 0 Å². The average Bonchev–Trinajstić information content (AvgIpc) is 2.98. The Morgan fingerprint density at radius 1 is 1.36 bits per heavy atom. The van der Waals surface area contributed by atoms with E-state index in [1.54, 1.807) is 0 Å². The van der Waals surface area contributed by atoms with E-state index in [1.165, 1.54) is 0 Å². The molecule has 4 nitrogen and oxygen atoms in total. The van der Waals surface area contributed by atoms with Crippen molar-refractivity contribution in [2.24, 2.45) is 5.73 Å². The molecular weight excluding hydrogens is 200 g/mol. The topological polar surface area (TPSA) is 72.2 Å². The number of sulfonamides is 1. The molecule has 5 heteroatoms. The van der Waals surface area contributed by atoms with Crippen molar-refractivity contribution >= 4 is 10.0 Å². The quantitative estimate of drug-likeness (QED) is 0.688. The molecule has 0 amide bonds. The van der Waals surface area contributed by atoms with E-state index in [-0.39, 0.29) is 10.8 Å². The lowest BCUT2D eigenvalue weighted by atomic mass is 9.95. The van der Waals surface area contributed by atoms with Gasteiger partial charge in [-0.05, 0) is 25.7 Å². The molecule has 0 spiro atoms. The molecule has 84 valence electrons. The molecule has 1 aliphatic rings. The molecule has 14 heavy (non-hydrogen) atoms. The second-order valence-corrected chi connectivity index (χ2v) is 6.18. The number of nitrogens with one attached hydrogen (secondary N) is 1. The third-order valence-electron chi connectivity index (χ3n) is 3.00. The Morgan fingerprint density at radius 2 is 1.86 bits per heavy atom. The summed E-state index contributed by atoms with van der Waals surface area (Å²) in [7, 11) is -3.07. The second-order valence-electron chi connectivity index (χ2n) is 4.13. The molecule has 0 heterocycles. The summed E-state index contributed by atoms with van der Waals surface area (Å²) in [6.07, 6.45) is 3.17. The molecule has 1 fully saturated rings. The third-order valence-corrected chi connectivity index (χ3v) is 4.89. The maximum atomic E-state index is 11.5. The maximum Gasteiger partial charge on any atom is 0.214 e. The van der Waals surface area contributed by atoms with Crippen molar-refractivity contribution in [3.8, 4) is 0 Å². The van der Waals surface area contributed by atoms with E-state index in [4.69, 9.17) is 5.73 Å². The molecule has 0 atom stereocenters. The van der Waals surface area contributed by atoms with Crippen molar-refractivity contribution in [1.82, 2.24) is 4.72 Å². The minimum absolute atomic E-state index is 0.152. The minimum atomic E-state index is -3.07. The van der Waals surface area contributed by atoms with Crippen LogP contribution in [0.1, 0.15) is 39.5 Å². The molecule has 0 unspecified atom stereocenters. The van der Waals surface area contributed by atoms with Gasteiger partial charge < -0.3 is 5.73 Å². The third kappa shape index (κ3) is 2.93.